The number of amides is 3. The number of hydrogen-bond acceptors (Lipinski definition) is 7. The number of benzene rings is 1. The molecule has 1 aromatic carbocycles. The van der Waals surface area contributed by atoms with Gasteiger partial charge in [-0.1, -0.05) is 12.1 Å². The standard InChI is InChI=1S/C26H27N7O3.CH3NO/c1-16-7-6-8-19(13-16)32-17(2)15-31(26(32)35)23-18(3)21(11-12-27-23)22-10-9-20(14-28-22)33-24(36-5)29-30(4)25(33)34;2-1-3/h6-14,17H,15H2,1-5H3;1H,(H2,2,3). The molecule has 0 bridgehead atoms. The highest BCUT2D eigenvalue weighted by Gasteiger charge is 2.38. The van der Waals surface area contributed by atoms with Crippen molar-refractivity contribution in [1.29, 1.82) is 0 Å². The normalized spacial score (nSPS) is 14.7. The third kappa shape index (κ3) is 5.08. The minimum Gasteiger partial charge on any atom is -0.467 e. The van der Waals surface area contributed by atoms with Crippen LogP contribution in [0.15, 0.2) is 59.7 Å². The second kappa shape index (κ2) is 11.2. The molecule has 3 amide bonds. The summed E-state index contributed by atoms with van der Waals surface area (Å²) < 4.78 is 7.79. The number of primary amides is 1. The topological polar surface area (TPSA) is 141 Å². The monoisotopic (exact) mass is 530 g/mol. The zero-order chi connectivity index (χ0) is 28.3. The highest BCUT2D eigenvalue weighted by molar-refractivity contribution is 6.07. The molecular weight excluding hydrogens is 500 g/mol. The number of carbonyl (C=O) groups excluding carboxylic acids is 2. The van der Waals surface area contributed by atoms with Crippen molar-refractivity contribution in [3.63, 3.8) is 0 Å². The molecule has 1 aliphatic rings. The predicted molar refractivity (Wildman–Crippen MR) is 147 cm³/mol. The summed E-state index contributed by atoms with van der Waals surface area (Å²) in [4.78, 5) is 47.2. The minimum atomic E-state index is -0.330. The van der Waals surface area contributed by atoms with E-state index in [1.165, 1.54) is 16.4 Å². The Morgan fingerprint density at radius 3 is 2.46 bits per heavy atom. The molecule has 0 aliphatic carbocycles. The maximum atomic E-state index is 13.5. The summed E-state index contributed by atoms with van der Waals surface area (Å²) in [7, 11) is 3.02. The lowest BCUT2D eigenvalue weighted by Crippen LogP contribution is -2.34. The number of carbonyl (C=O) groups is 2. The van der Waals surface area contributed by atoms with Crippen molar-refractivity contribution < 1.29 is 14.3 Å². The van der Waals surface area contributed by atoms with Crippen LogP contribution < -0.4 is 26.0 Å². The van der Waals surface area contributed by atoms with Crippen molar-refractivity contribution in [3.05, 3.63) is 76.5 Å². The van der Waals surface area contributed by atoms with Gasteiger partial charge < -0.3 is 10.5 Å². The number of aromatic nitrogens is 5. The van der Waals surface area contributed by atoms with Crippen LogP contribution in [0.5, 0.6) is 6.01 Å². The summed E-state index contributed by atoms with van der Waals surface area (Å²) >= 11 is 0. The third-order valence-electron chi connectivity index (χ3n) is 6.40. The Bertz CT molecular complexity index is 1560. The van der Waals surface area contributed by atoms with Gasteiger partial charge in [-0.05, 0) is 56.7 Å². The van der Waals surface area contributed by atoms with Crippen LogP contribution in [0.25, 0.3) is 16.9 Å². The van der Waals surface area contributed by atoms with Crippen LogP contribution in [-0.2, 0) is 11.8 Å². The molecule has 3 aromatic heterocycles. The lowest BCUT2D eigenvalue weighted by Gasteiger charge is -2.22. The van der Waals surface area contributed by atoms with Gasteiger partial charge in [-0.2, -0.15) is 0 Å². The van der Waals surface area contributed by atoms with Crippen LogP contribution >= 0.6 is 0 Å². The molecule has 4 aromatic rings. The van der Waals surface area contributed by atoms with Crippen molar-refractivity contribution in [2.24, 2.45) is 12.8 Å². The van der Waals surface area contributed by atoms with Crippen LogP contribution in [0.2, 0.25) is 0 Å². The Labute approximate surface area is 225 Å². The van der Waals surface area contributed by atoms with Crippen molar-refractivity contribution in [2.75, 3.05) is 23.5 Å². The Morgan fingerprint density at radius 2 is 1.82 bits per heavy atom. The highest BCUT2D eigenvalue weighted by atomic mass is 16.5. The van der Waals surface area contributed by atoms with E-state index in [0.29, 0.717) is 23.7 Å². The van der Waals surface area contributed by atoms with Crippen LogP contribution in [0.1, 0.15) is 18.1 Å². The molecule has 0 spiro atoms. The van der Waals surface area contributed by atoms with Gasteiger partial charge in [0.15, 0.2) is 0 Å². The van der Waals surface area contributed by atoms with Gasteiger partial charge in [-0.3, -0.25) is 19.6 Å². The van der Waals surface area contributed by atoms with Gasteiger partial charge >= 0.3 is 17.7 Å². The van der Waals surface area contributed by atoms with Crippen LogP contribution in [-0.4, -0.2) is 56.5 Å². The molecular formula is C27H30N8O4. The summed E-state index contributed by atoms with van der Waals surface area (Å²) in [6, 6.07) is 13.5. The van der Waals surface area contributed by atoms with Gasteiger partial charge in [0.1, 0.15) is 5.82 Å². The molecule has 2 N–H and O–H groups in total. The Morgan fingerprint density at radius 1 is 1.08 bits per heavy atom. The number of nitrogens with two attached hydrogens (primary N) is 1. The number of methoxy groups -OCH3 is 1. The molecule has 1 unspecified atom stereocenters. The highest BCUT2D eigenvalue weighted by Crippen LogP contribution is 2.33. The lowest BCUT2D eigenvalue weighted by molar-refractivity contribution is -0.106. The van der Waals surface area contributed by atoms with Gasteiger partial charge in [-0.15, -0.1) is 5.10 Å². The second-order valence-electron chi connectivity index (χ2n) is 9.02. The van der Waals surface area contributed by atoms with E-state index < -0.39 is 0 Å². The van der Waals surface area contributed by atoms with E-state index in [4.69, 9.17) is 9.53 Å². The van der Waals surface area contributed by atoms with Crippen LogP contribution in [0.4, 0.5) is 16.3 Å². The first-order chi connectivity index (χ1) is 18.7. The van der Waals surface area contributed by atoms with Gasteiger partial charge in [-0.25, -0.2) is 23.8 Å². The molecule has 12 heteroatoms. The van der Waals surface area contributed by atoms with Crippen molar-refractivity contribution in [3.8, 4) is 23.0 Å². The van der Waals surface area contributed by atoms with Gasteiger partial charge in [0.2, 0.25) is 6.41 Å². The first-order valence-corrected chi connectivity index (χ1v) is 12.2. The third-order valence-corrected chi connectivity index (χ3v) is 6.40. The van der Waals surface area contributed by atoms with Gasteiger partial charge in [0.25, 0.3) is 0 Å². The van der Waals surface area contributed by atoms with E-state index in [0.717, 1.165) is 22.4 Å². The molecule has 12 nitrogen and oxygen atoms in total. The fourth-order valence-corrected chi connectivity index (χ4v) is 4.61. The van der Waals surface area contributed by atoms with E-state index in [-0.39, 0.29) is 30.2 Å². The van der Waals surface area contributed by atoms with Gasteiger partial charge in [0, 0.05) is 36.6 Å². The lowest BCUT2D eigenvalue weighted by atomic mass is 10.1. The summed E-state index contributed by atoms with van der Waals surface area (Å²) in [5, 5.41) is 4.07. The molecule has 1 saturated heterocycles. The largest absolute Gasteiger partial charge is 0.467 e. The quantitative estimate of drug-likeness (QED) is 0.391. The molecule has 5 rings (SSSR count). The summed E-state index contributed by atoms with van der Waals surface area (Å²) in [5.41, 5.74) is 8.75. The Kier molecular flexibility index (Phi) is 7.75. The Balaban J connectivity index is 0.00000112. The average Bonchev–Trinajstić information content (AvgIpc) is 3.38. The smallest absolute Gasteiger partial charge is 0.353 e. The van der Waals surface area contributed by atoms with Crippen molar-refractivity contribution in [2.45, 2.75) is 26.8 Å². The first kappa shape index (κ1) is 27.0. The molecule has 1 fully saturated rings. The molecule has 202 valence electrons. The summed E-state index contributed by atoms with van der Waals surface area (Å²) in [6.07, 6.45) is 3.54. The summed E-state index contributed by atoms with van der Waals surface area (Å²) in [6.45, 7) is 6.52. The van der Waals surface area contributed by atoms with Crippen molar-refractivity contribution in [1.82, 2.24) is 24.3 Å². The predicted octanol–water partition coefficient (Wildman–Crippen LogP) is 2.59. The molecule has 0 radical (unpaired) electrons. The average molecular weight is 531 g/mol. The van der Waals surface area contributed by atoms with E-state index in [9.17, 15) is 9.59 Å². The molecule has 1 aliphatic heterocycles. The molecule has 0 saturated carbocycles. The first-order valence-electron chi connectivity index (χ1n) is 12.2. The SMILES string of the molecule is COc1nn(C)c(=O)n1-c1ccc(-c2ccnc(N3CC(C)N(c4cccc(C)c4)C3=O)c2C)nc1.NC=O. The van der Waals surface area contributed by atoms with Gasteiger partial charge in [0.05, 0.1) is 30.7 Å². The van der Waals surface area contributed by atoms with E-state index in [2.05, 4.69) is 20.8 Å². The van der Waals surface area contributed by atoms with E-state index in [1.807, 2.05) is 62.1 Å². The zero-order valence-corrected chi connectivity index (χ0v) is 22.4. The maximum absolute atomic E-state index is 13.5. The number of nitrogens with zero attached hydrogens (tertiary/aromatic N) is 7. The number of ether oxygens (including phenoxy) is 1. The zero-order valence-electron chi connectivity index (χ0n) is 22.4. The second-order valence-corrected chi connectivity index (χ2v) is 9.02. The number of urea groups is 1. The van der Waals surface area contributed by atoms with E-state index >= 15 is 0 Å². The number of aryl methyl sites for hydroxylation is 2. The van der Waals surface area contributed by atoms with Crippen molar-refractivity contribution >= 4 is 23.9 Å². The fraction of sp³-hybridized carbons (Fsp3) is 0.259. The number of hydrogen-bond donors (Lipinski definition) is 1. The van der Waals surface area contributed by atoms with Crippen LogP contribution in [0, 0.1) is 13.8 Å². The van der Waals surface area contributed by atoms with Crippen LogP contribution in [0.3, 0.4) is 0 Å². The minimum absolute atomic E-state index is 0.00524. The molecule has 4 heterocycles. The van der Waals surface area contributed by atoms with E-state index in [1.54, 1.807) is 30.4 Å². The maximum Gasteiger partial charge on any atom is 0.353 e. The molecule has 1 atom stereocenters. The summed E-state index contributed by atoms with van der Waals surface area (Å²) in [5.74, 6) is 0.607. The number of pyridine rings is 2. The Hall–Kier alpha value is -5.00. The molecule has 39 heavy (non-hydrogen) atoms. The number of anilines is 2. The number of rotatable bonds is 5. The fourth-order valence-electron chi connectivity index (χ4n) is 4.61.